The predicted octanol–water partition coefficient (Wildman–Crippen LogP) is 3.43. The highest BCUT2D eigenvalue weighted by atomic mass is 32.2. The molecular weight excluding hydrogens is 468 g/mol. The van der Waals surface area contributed by atoms with Crippen molar-refractivity contribution in [2.75, 3.05) is 17.9 Å². The molecule has 2 aromatic carbocycles. The molecule has 5 aromatic rings. The first-order valence-electron chi connectivity index (χ1n) is 10.7. The van der Waals surface area contributed by atoms with Crippen LogP contribution < -0.4 is 14.2 Å². The maximum absolute atomic E-state index is 12.9. The summed E-state index contributed by atoms with van der Waals surface area (Å²) in [6.07, 6.45) is 1.69. The van der Waals surface area contributed by atoms with Crippen LogP contribution in [0.15, 0.2) is 83.9 Å². The average molecular weight is 487 g/mol. The lowest BCUT2D eigenvalue weighted by atomic mass is 10.1. The zero-order chi connectivity index (χ0) is 23.8. The van der Waals surface area contributed by atoms with Gasteiger partial charge in [-0.2, -0.15) is 9.61 Å². The van der Waals surface area contributed by atoms with Gasteiger partial charge in [0.2, 0.25) is 5.82 Å². The van der Waals surface area contributed by atoms with E-state index in [0.717, 1.165) is 5.56 Å². The Hall–Kier alpha value is -4.51. The number of hydrogen-bond acceptors (Lipinski definition) is 8. The number of benzene rings is 2. The largest absolute Gasteiger partial charge is 0.486 e. The Labute approximate surface area is 200 Å². The maximum Gasteiger partial charge on any atom is 0.262 e. The van der Waals surface area contributed by atoms with Gasteiger partial charge in [0.25, 0.3) is 10.0 Å². The summed E-state index contributed by atoms with van der Waals surface area (Å²) in [6, 6.07) is 20.7. The van der Waals surface area contributed by atoms with Gasteiger partial charge < -0.3 is 9.47 Å². The van der Waals surface area contributed by atoms with Crippen LogP contribution in [0.3, 0.4) is 0 Å². The number of hydrogen-bond donors (Lipinski definition) is 1. The summed E-state index contributed by atoms with van der Waals surface area (Å²) in [5.74, 6) is 1.48. The molecule has 1 N–H and O–H groups in total. The molecule has 3 aromatic heterocycles. The van der Waals surface area contributed by atoms with Gasteiger partial charge in [-0.1, -0.05) is 18.2 Å². The van der Waals surface area contributed by atoms with Crippen molar-refractivity contribution in [3.05, 3.63) is 79.0 Å². The smallest absolute Gasteiger partial charge is 0.262 e. The van der Waals surface area contributed by atoms with Crippen molar-refractivity contribution in [3.8, 4) is 34.3 Å². The lowest BCUT2D eigenvalue weighted by Gasteiger charge is -2.19. The van der Waals surface area contributed by atoms with E-state index < -0.39 is 10.0 Å². The quantitative estimate of drug-likeness (QED) is 0.401. The van der Waals surface area contributed by atoms with Gasteiger partial charge in [-0.25, -0.2) is 8.42 Å². The molecular formula is C24H18N6O4S. The number of pyridine rings is 1. The van der Waals surface area contributed by atoms with Crippen LogP contribution in [0.1, 0.15) is 0 Å². The van der Waals surface area contributed by atoms with Gasteiger partial charge in [-0.15, -0.1) is 10.2 Å². The third-order valence-electron chi connectivity index (χ3n) is 5.41. The molecule has 0 saturated carbocycles. The lowest BCUT2D eigenvalue weighted by Crippen LogP contribution is -2.17. The minimum absolute atomic E-state index is 0.0904. The van der Waals surface area contributed by atoms with E-state index in [2.05, 4.69) is 25.0 Å². The Morgan fingerprint density at radius 1 is 0.829 bits per heavy atom. The molecule has 0 fully saturated rings. The van der Waals surface area contributed by atoms with Crippen molar-refractivity contribution in [2.45, 2.75) is 4.90 Å². The van der Waals surface area contributed by atoms with Gasteiger partial charge in [0.15, 0.2) is 17.1 Å². The van der Waals surface area contributed by atoms with Crippen molar-refractivity contribution >= 4 is 21.4 Å². The molecule has 0 spiro atoms. The van der Waals surface area contributed by atoms with Crippen molar-refractivity contribution in [1.82, 2.24) is 24.8 Å². The summed E-state index contributed by atoms with van der Waals surface area (Å²) in [4.78, 5) is 4.42. The second-order valence-electron chi connectivity index (χ2n) is 7.72. The Balaban J connectivity index is 1.26. The van der Waals surface area contributed by atoms with E-state index in [4.69, 9.17) is 9.47 Å². The third kappa shape index (κ3) is 4.02. The van der Waals surface area contributed by atoms with E-state index in [1.54, 1.807) is 41.0 Å². The van der Waals surface area contributed by atoms with Crippen LogP contribution in [0, 0.1) is 0 Å². The molecule has 0 aliphatic carbocycles. The van der Waals surface area contributed by atoms with Crippen molar-refractivity contribution in [3.63, 3.8) is 0 Å². The molecule has 174 valence electrons. The van der Waals surface area contributed by atoms with Crippen LogP contribution in [0.5, 0.6) is 11.5 Å². The zero-order valence-electron chi connectivity index (χ0n) is 18.2. The number of fused-ring (bicyclic) bond motifs is 2. The van der Waals surface area contributed by atoms with Crippen LogP contribution in [-0.2, 0) is 10.0 Å². The van der Waals surface area contributed by atoms with E-state index in [9.17, 15) is 8.42 Å². The Kier molecular flexibility index (Phi) is 5.03. The number of nitrogens with zero attached hydrogens (tertiary/aromatic N) is 5. The second kappa shape index (κ2) is 8.37. The number of aromatic nitrogens is 5. The molecule has 35 heavy (non-hydrogen) atoms. The number of anilines is 1. The summed E-state index contributed by atoms with van der Waals surface area (Å²) in [5.41, 5.74) is 3.15. The minimum Gasteiger partial charge on any atom is -0.486 e. The lowest BCUT2D eigenvalue weighted by molar-refractivity contribution is 0.171. The van der Waals surface area contributed by atoms with Gasteiger partial charge in [0.05, 0.1) is 10.6 Å². The molecule has 11 heteroatoms. The highest BCUT2D eigenvalue weighted by Crippen LogP contribution is 2.33. The SMILES string of the molecule is O=S(=O)(Nc1ccc(-c2ccc3nnc(-c4ccccn4)n3n2)cc1)c1ccc2c(c1)OCCO2. The van der Waals surface area contributed by atoms with E-state index in [0.29, 0.717) is 53.3 Å². The molecule has 1 aliphatic heterocycles. The van der Waals surface area contributed by atoms with Crippen LogP contribution in [-0.4, -0.2) is 46.4 Å². The monoisotopic (exact) mass is 486 g/mol. The first-order chi connectivity index (χ1) is 17.1. The Morgan fingerprint density at radius 3 is 2.46 bits per heavy atom. The molecule has 4 heterocycles. The molecule has 1 aliphatic rings. The van der Waals surface area contributed by atoms with E-state index in [1.807, 2.05) is 30.3 Å². The van der Waals surface area contributed by atoms with Crippen molar-refractivity contribution in [1.29, 1.82) is 0 Å². The molecule has 0 amide bonds. The Morgan fingerprint density at radius 2 is 1.66 bits per heavy atom. The average Bonchev–Trinajstić information content (AvgIpc) is 3.32. The Bertz CT molecular complexity index is 1640. The number of sulfonamides is 1. The second-order valence-corrected chi connectivity index (χ2v) is 9.40. The maximum atomic E-state index is 12.9. The molecule has 0 radical (unpaired) electrons. The molecule has 6 rings (SSSR count). The van der Waals surface area contributed by atoms with E-state index in [1.165, 1.54) is 12.1 Å². The van der Waals surface area contributed by atoms with Crippen LogP contribution in [0.4, 0.5) is 5.69 Å². The first-order valence-corrected chi connectivity index (χ1v) is 12.2. The van der Waals surface area contributed by atoms with Gasteiger partial charge in [-0.05, 0) is 48.5 Å². The first kappa shape index (κ1) is 21.1. The molecule has 0 saturated heterocycles. The highest BCUT2D eigenvalue weighted by Gasteiger charge is 2.20. The highest BCUT2D eigenvalue weighted by molar-refractivity contribution is 7.92. The summed E-state index contributed by atoms with van der Waals surface area (Å²) in [5, 5.41) is 13.0. The normalized spacial score (nSPS) is 13.0. The minimum atomic E-state index is -3.81. The van der Waals surface area contributed by atoms with Gasteiger partial charge in [-0.3, -0.25) is 9.71 Å². The summed E-state index contributed by atoms with van der Waals surface area (Å²) < 4.78 is 41.0. The van der Waals surface area contributed by atoms with Crippen LogP contribution >= 0.6 is 0 Å². The predicted molar refractivity (Wildman–Crippen MR) is 128 cm³/mol. The summed E-state index contributed by atoms with van der Waals surface area (Å²) >= 11 is 0. The van der Waals surface area contributed by atoms with Gasteiger partial charge >= 0.3 is 0 Å². The molecule has 0 atom stereocenters. The summed E-state index contributed by atoms with van der Waals surface area (Å²) in [7, 11) is -3.81. The van der Waals surface area contributed by atoms with Crippen LogP contribution in [0.2, 0.25) is 0 Å². The standard InChI is InChI=1S/C24H18N6O4S/c31-35(32,18-8-10-21-22(15-18)34-14-13-33-21)29-17-6-4-16(5-7-17)19-9-11-23-26-27-24(30(23)28-19)20-3-1-2-12-25-20/h1-12,15,29H,13-14H2. The fraction of sp³-hybridized carbons (Fsp3) is 0.0833. The molecule has 0 bridgehead atoms. The fourth-order valence-electron chi connectivity index (χ4n) is 3.71. The number of ether oxygens (including phenoxy) is 2. The molecule has 0 unspecified atom stereocenters. The van der Waals surface area contributed by atoms with E-state index in [-0.39, 0.29) is 4.90 Å². The molecule has 10 nitrogen and oxygen atoms in total. The summed E-state index contributed by atoms with van der Waals surface area (Å²) in [6.45, 7) is 0.816. The van der Waals surface area contributed by atoms with Gasteiger partial charge in [0.1, 0.15) is 18.9 Å². The van der Waals surface area contributed by atoms with Crippen molar-refractivity contribution in [2.24, 2.45) is 0 Å². The fourth-order valence-corrected chi connectivity index (χ4v) is 4.79. The number of rotatable bonds is 5. The zero-order valence-corrected chi connectivity index (χ0v) is 19.0. The van der Waals surface area contributed by atoms with Gasteiger partial charge in [0, 0.05) is 23.5 Å². The van der Waals surface area contributed by atoms with Crippen molar-refractivity contribution < 1.29 is 17.9 Å². The van der Waals surface area contributed by atoms with E-state index >= 15 is 0 Å². The topological polar surface area (TPSA) is 121 Å². The van der Waals surface area contributed by atoms with Crippen LogP contribution in [0.25, 0.3) is 28.4 Å². The number of nitrogens with one attached hydrogen (secondary N) is 1. The third-order valence-corrected chi connectivity index (χ3v) is 6.79.